The molecular weight excluding hydrogens is 510 g/mol. The molecule has 0 spiro atoms. The van der Waals surface area contributed by atoms with Crippen molar-refractivity contribution in [1.82, 2.24) is 0 Å². The summed E-state index contributed by atoms with van der Waals surface area (Å²) in [4.78, 5) is 0. The molecule has 13 heavy (non-hydrogen) atoms. The Morgan fingerprint density at radius 3 is 0.538 bits per heavy atom. The Morgan fingerprint density at radius 1 is 0.538 bits per heavy atom. The molecule has 0 N–H and O–H groups in total. The van der Waals surface area contributed by atoms with E-state index in [1.54, 1.807) is 0 Å². The van der Waals surface area contributed by atoms with Gasteiger partial charge in [0.05, 0.1) is 0 Å². The first-order valence-electron chi connectivity index (χ1n) is 1.89. The molecule has 0 amide bonds. The topological polar surface area (TPSA) is 161 Å². The fourth-order valence-electron chi connectivity index (χ4n) is 0. The molecule has 0 aliphatic carbocycles. The quantitative estimate of drug-likeness (QED) is 0.289. The third-order valence-electron chi connectivity index (χ3n) is 0. The monoisotopic (exact) mass is 518 g/mol. The molecule has 0 atom stereocenters. The molecule has 0 aliphatic rings. The van der Waals surface area contributed by atoms with Crippen LogP contribution in [-0.2, 0) is 41.3 Å². The van der Waals surface area contributed by atoms with Crippen molar-refractivity contribution >= 4 is 62.8 Å². The molecule has 0 bridgehead atoms. The van der Waals surface area contributed by atoms with Gasteiger partial charge in [0, 0.05) is 0 Å². The molecular formula is H4Ge4O8Zr. The second-order valence-corrected chi connectivity index (χ2v) is 2.00. The summed E-state index contributed by atoms with van der Waals surface area (Å²) in [5, 5.41) is 0. The first-order valence-corrected chi connectivity index (χ1v) is 9.80. The van der Waals surface area contributed by atoms with Gasteiger partial charge in [-0.15, -0.1) is 0 Å². The van der Waals surface area contributed by atoms with Crippen LogP contribution in [0.1, 0.15) is 0 Å². The van der Waals surface area contributed by atoms with Crippen molar-refractivity contribution in [3.05, 3.63) is 0 Å². The van der Waals surface area contributed by atoms with E-state index in [0.29, 0.717) is 0 Å². The van der Waals surface area contributed by atoms with E-state index in [-0.39, 0.29) is 26.2 Å². The summed E-state index contributed by atoms with van der Waals surface area (Å²) in [7, 11) is 0. The van der Waals surface area contributed by atoms with Crippen LogP contribution in [0.25, 0.3) is 0 Å². The molecule has 0 unspecified atom stereocenters. The van der Waals surface area contributed by atoms with E-state index in [4.69, 9.17) is 31.6 Å². The van der Waals surface area contributed by atoms with Crippen LogP contribution in [0.4, 0.5) is 0 Å². The molecule has 0 rings (SSSR count). The Labute approximate surface area is 119 Å². The van der Waals surface area contributed by atoms with E-state index in [1.807, 2.05) is 0 Å². The molecule has 0 fully saturated rings. The minimum Gasteiger partial charge on any atom is 4.00 e. The van der Waals surface area contributed by atoms with Crippen LogP contribution >= 0.6 is 0 Å². The van der Waals surface area contributed by atoms with Gasteiger partial charge in [0.2, 0.25) is 0 Å². The fraction of sp³-hybridized carbons (Fsp3) is 0. The van der Waals surface area contributed by atoms with Crippen molar-refractivity contribution in [3.63, 3.8) is 0 Å². The molecule has 8 nitrogen and oxygen atoms in total. The van der Waals surface area contributed by atoms with Crippen molar-refractivity contribution in [3.8, 4) is 0 Å². The van der Waals surface area contributed by atoms with Gasteiger partial charge < -0.3 is 0 Å². The van der Waals surface area contributed by atoms with E-state index >= 15 is 0 Å². The standard InChI is InChI=1S/4GeHO2.Zr/c4*2-1-3;/h4*1H;/q4*-1;+4. The Hall–Kier alpha value is 1.45. The SMILES string of the molecule is [O]=[GeH][O-].[O]=[GeH][O-].[O]=[GeH][O-].[O]=[GeH][O-].[Zr+4]. The first kappa shape index (κ1) is 29.3. The predicted octanol–water partition coefficient (Wildman–Crippen LogP) is -7.83. The maximum Gasteiger partial charge on any atom is 4.00 e. The Bertz CT molecular complexity index is 70.1. The summed E-state index contributed by atoms with van der Waals surface area (Å²) < 4.78 is 68.2. The van der Waals surface area contributed by atoms with Crippen molar-refractivity contribution in [2.45, 2.75) is 0 Å². The van der Waals surface area contributed by atoms with E-state index in [0.717, 1.165) is 0 Å². The number of hydrogen-bond donors (Lipinski definition) is 0. The van der Waals surface area contributed by atoms with Crippen molar-refractivity contribution in [2.75, 3.05) is 0 Å². The van der Waals surface area contributed by atoms with Crippen LogP contribution in [0.2, 0.25) is 0 Å². The van der Waals surface area contributed by atoms with E-state index in [1.165, 1.54) is 0 Å². The Balaban J connectivity index is -0.0000000213. The normalized spacial score (nSPS) is 3.69. The van der Waals surface area contributed by atoms with Crippen LogP contribution in [0.3, 0.4) is 0 Å². The van der Waals surface area contributed by atoms with Gasteiger partial charge in [-0.25, -0.2) is 0 Å². The summed E-state index contributed by atoms with van der Waals surface area (Å²) in [6, 6.07) is 0. The zero-order chi connectivity index (χ0) is 10.8. The molecule has 72 valence electrons. The van der Waals surface area contributed by atoms with E-state index in [2.05, 4.69) is 0 Å². The summed E-state index contributed by atoms with van der Waals surface area (Å²) in [6.45, 7) is 0. The molecule has 13 heteroatoms. The maximum atomic E-state index is 8.53. The minimum atomic E-state index is -2.19. The van der Waals surface area contributed by atoms with Gasteiger partial charge in [-0.05, 0) is 0 Å². The molecule has 0 aromatic carbocycles. The second-order valence-electron chi connectivity index (χ2n) is 0.385. The molecule has 0 heterocycles. The van der Waals surface area contributed by atoms with Crippen molar-refractivity contribution in [2.24, 2.45) is 0 Å². The molecule has 0 aromatic heterocycles. The fourth-order valence-corrected chi connectivity index (χ4v) is 0. The molecule has 0 aliphatic heterocycles. The third kappa shape index (κ3) is 834. The minimum absolute atomic E-state index is 0. The largest absolute Gasteiger partial charge is 4.00 e. The number of hydrogen-bond acceptors (Lipinski definition) is 8. The zero-order valence-electron chi connectivity index (χ0n) is 6.08. The van der Waals surface area contributed by atoms with Gasteiger partial charge in [-0.2, -0.15) is 0 Å². The first-order chi connectivity index (χ1) is 5.66. The summed E-state index contributed by atoms with van der Waals surface area (Å²) in [6.07, 6.45) is 0. The Morgan fingerprint density at radius 2 is 0.538 bits per heavy atom. The predicted molar refractivity (Wildman–Crippen MR) is 31.3 cm³/mol. The van der Waals surface area contributed by atoms with Gasteiger partial charge in [-0.3, -0.25) is 0 Å². The van der Waals surface area contributed by atoms with E-state index in [9.17, 15) is 0 Å². The van der Waals surface area contributed by atoms with Gasteiger partial charge in [-0.1, -0.05) is 0 Å². The van der Waals surface area contributed by atoms with Crippen LogP contribution in [-0.4, -0.2) is 62.8 Å². The molecule has 0 aromatic rings. The van der Waals surface area contributed by atoms with Crippen LogP contribution < -0.4 is 16.5 Å². The average Bonchev–Trinajstić information content (AvgIpc) is 1.92. The third-order valence-corrected chi connectivity index (χ3v) is 0. The zero-order valence-corrected chi connectivity index (χ0v) is 18.2. The molecule has 0 saturated carbocycles. The maximum absolute atomic E-state index is 8.53. The molecule has 0 radical (unpaired) electrons. The van der Waals surface area contributed by atoms with Crippen LogP contribution in [0.15, 0.2) is 0 Å². The van der Waals surface area contributed by atoms with Gasteiger partial charge in [0.15, 0.2) is 0 Å². The summed E-state index contributed by atoms with van der Waals surface area (Å²) in [5.41, 5.74) is 0. The van der Waals surface area contributed by atoms with Gasteiger partial charge >= 0.3 is 121 Å². The summed E-state index contributed by atoms with van der Waals surface area (Å²) in [5.74, 6) is 0. The average molecular weight is 514 g/mol. The van der Waals surface area contributed by atoms with Crippen LogP contribution in [0.5, 0.6) is 0 Å². The van der Waals surface area contributed by atoms with Gasteiger partial charge in [0.1, 0.15) is 0 Å². The smallest absolute Gasteiger partial charge is 4.00 e. The van der Waals surface area contributed by atoms with E-state index < -0.39 is 62.8 Å². The van der Waals surface area contributed by atoms with Crippen LogP contribution in [0, 0.1) is 0 Å². The summed E-state index contributed by atoms with van der Waals surface area (Å²) >= 11 is -8.75. The second kappa shape index (κ2) is 70.1. The van der Waals surface area contributed by atoms with Crippen molar-refractivity contribution in [1.29, 1.82) is 0 Å². The molecule has 0 saturated heterocycles. The Kier molecular flexibility index (Phi) is 158. The van der Waals surface area contributed by atoms with Gasteiger partial charge in [0.25, 0.3) is 0 Å². The van der Waals surface area contributed by atoms with Crippen molar-refractivity contribution < 1.29 is 57.8 Å². The number of rotatable bonds is 0.